The predicted octanol–water partition coefficient (Wildman–Crippen LogP) is 3.78. The number of aldehydes is 1. The van der Waals surface area contributed by atoms with Crippen LogP contribution in [0.2, 0.25) is 0 Å². The molecule has 0 aliphatic carbocycles. The Balaban J connectivity index is 2.38. The van der Waals surface area contributed by atoms with Gasteiger partial charge in [0.15, 0.2) is 0 Å². The van der Waals surface area contributed by atoms with Crippen LogP contribution >= 0.6 is 0 Å². The van der Waals surface area contributed by atoms with E-state index in [2.05, 4.69) is 0 Å². The number of anilines is 1. The first kappa shape index (κ1) is 19.5. The standard InChI is InChI=1S/C21H25NO4/c1-4-16-8-7-9-18(10-16)22(21(24)15-23)14-17-11-19(25-5-2)13-20(12-17)26-6-3/h7-13,15H,4-6,14H2,1-3H3. The van der Waals surface area contributed by atoms with E-state index in [9.17, 15) is 9.59 Å². The van der Waals surface area contributed by atoms with Gasteiger partial charge in [0.05, 0.1) is 19.8 Å². The van der Waals surface area contributed by atoms with Crippen molar-refractivity contribution < 1.29 is 19.1 Å². The van der Waals surface area contributed by atoms with E-state index < -0.39 is 5.91 Å². The summed E-state index contributed by atoms with van der Waals surface area (Å²) >= 11 is 0. The Hall–Kier alpha value is -2.82. The van der Waals surface area contributed by atoms with E-state index in [1.54, 1.807) is 0 Å². The maximum absolute atomic E-state index is 12.2. The van der Waals surface area contributed by atoms with Crippen molar-refractivity contribution in [3.8, 4) is 11.5 Å². The zero-order valence-electron chi connectivity index (χ0n) is 15.5. The molecule has 0 saturated heterocycles. The van der Waals surface area contributed by atoms with Crippen LogP contribution in [0, 0.1) is 0 Å². The van der Waals surface area contributed by atoms with E-state index >= 15 is 0 Å². The number of aryl methyl sites for hydroxylation is 1. The van der Waals surface area contributed by atoms with Gasteiger partial charge in [-0.1, -0.05) is 19.1 Å². The second kappa shape index (κ2) is 9.61. The minimum atomic E-state index is -0.585. The highest BCUT2D eigenvalue weighted by atomic mass is 16.5. The summed E-state index contributed by atoms with van der Waals surface area (Å²) < 4.78 is 11.2. The normalized spacial score (nSPS) is 10.3. The Morgan fingerprint density at radius 1 is 0.962 bits per heavy atom. The maximum Gasteiger partial charge on any atom is 0.291 e. The van der Waals surface area contributed by atoms with E-state index in [0.717, 1.165) is 17.5 Å². The van der Waals surface area contributed by atoms with Gasteiger partial charge >= 0.3 is 0 Å². The zero-order chi connectivity index (χ0) is 18.9. The summed E-state index contributed by atoms with van der Waals surface area (Å²) in [5.74, 6) is 0.765. The lowest BCUT2D eigenvalue weighted by Gasteiger charge is -2.22. The molecule has 2 rings (SSSR count). The van der Waals surface area contributed by atoms with Gasteiger partial charge in [0.2, 0.25) is 6.29 Å². The Morgan fingerprint density at radius 3 is 2.15 bits per heavy atom. The van der Waals surface area contributed by atoms with E-state index in [1.165, 1.54) is 4.90 Å². The number of carbonyl (C=O) groups excluding carboxylic acids is 2. The quantitative estimate of drug-likeness (QED) is 0.507. The van der Waals surface area contributed by atoms with Crippen molar-refractivity contribution >= 4 is 17.9 Å². The Bertz CT molecular complexity index is 733. The van der Waals surface area contributed by atoms with Crippen molar-refractivity contribution in [2.75, 3.05) is 18.1 Å². The van der Waals surface area contributed by atoms with Gasteiger partial charge in [-0.05, 0) is 55.7 Å². The molecule has 5 nitrogen and oxygen atoms in total. The first-order chi connectivity index (χ1) is 12.6. The molecule has 0 atom stereocenters. The number of benzene rings is 2. The Morgan fingerprint density at radius 2 is 1.62 bits per heavy atom. The van der Waals surface area contributed by atoms with E-state index in [1.807, 2.05) is 63.2 Å². The summed E-state index contributed by atoms with van der Waals surface area (Å²) in [7, 11) is 0. The molecule has 1 amide bonds. The summed E-state index contributed by atoms with van der Waals surface area (Å²) in [5.41, 5.74) is 2.63. The van der Waals surface area contributed by atoms with Gasteiger partial charge < -0.3 is 14.4 Å². The molecule has 5 heteroatoms. The van der Waals surface area contributed by atoms with Gasteiger partial charge in [-0.2, -0.15) is 0 Å². The second-order valence-corrected chi connectivity index (χ2v) is 5.74. The molecule has 0 heterocycles. The van der Waals surface area contributed by atoms with E-state index in [-0.39, 0.29) is 6.54 Å². The first-order valence-corrected chi connectivity index (χ1v) is 8.86. The van der Waals surface area contributed by atoms with Crippen LogP contribution in [-0.2, 0) is 22.6 Å². The number of carbonyl (C=O) groups is 2. The summed E-state index contributed by atoms with van der Waals surface area (Å²) in [6, 6.07) is 13.2. The third kappa shape index (κ3) is 5.09. The topological polar surface area (TPSA) is 55.8 Å². The number of hydrogen-bond acceptors (Lipinski definition) is 4. The minimum absolute atomic E-state index is 0.256. The third-order valence-corrected chi connectivity index (χ3v) is 3.90. The minimum Gasteiger partial charge on any atom is -0.494 e. The molecule has 26 heavy (non-hydrogen) atoms. The first-order valence-electron chi connectivity index (χ1n) is 8.86. The molecule has 0 aliphatic heterocycles. The lowest BCUT2D eigenvalue weighted by atomic mass is 10.1. The molecule has 0 saturated carbocycles. The fourth-order valence-electron chi connectivity index (χ4n) is 2.71. The second-order valence-electron chi connectivity index (χ2n) is 5.74. The number of amides is 1. The fraction of sp³-hybridized carbons (Fsp3) is 0.333. The number of nitrogens with zero attached hydrogens (tertiary/aromatic N) is 1. The fourth-order valence-corrected chi connectivity index (χ4v) is 2.71. The monoisotopic (exact) mass is 355 g/mol. The highest BCUT2D eigenvalue weighted by molar-refractivity contribution is 6.30. The average Bonchev–Trinajstić information content (AvgIpc) is 2.66. The molecule has 0 spiro atoms. The van der Waals surface area contributed by atoms with Crippen molar-refractivity contribution in [2.24, 2.45) is 0 Å². The van der Waals surface area contributed by atoms with Gasteiger partial charge in [0, 0.05) is 11.8 Å². The largest absolute Gasteiger partial charge is 0.494 e. The van der Waals surface area contributed by atoms with Crippen molar-refractivity contribution in [1.82, 2.24) is 0 Å². The molecule has 0 radical (unpaired) electrons. The van der Waals surface area contributed by atoms with E-state index in [4.69, 9.17) is 9.47 Å². The molecule has 138 valence electrons. The number of ether oxygens (including phenoxy) is 2. The molecule has 0 bridgehead atoms. The van der Waals surface area contributed by atoms with Crippen LogP contribution in [0.3, 0.4) is 0 Å². The molecule has 0 fully saturated rings. The van der Waals surface area contributed by atoms with Crippen LogP contribution in [-0.4, -0.2) is 25.4 Å². The molecule has 0 N–H and O–H groups in total. The molecule has 0 aliphatic rings. The molecular formula is C21H25NO4. The summed E-state index contributed by atoms with van der Waals surface area (Å²) in [4.78, 5) is 24.9. The summed E-state index contributed by atoms with van der Waals surface area (Å²) in [5, 5.41) is 0. The van der Waals surface area contributed by atoms with E-state index in [0.29, 0.717) is 36.7 Å². The molecular weight excluding hydrogens is 330 g/mol. The summed E-state index contributed by atoms with van der Waals surface area (Å²) in [6.07, 6.45) is 1.19. The lowest BCUT2D eigenvalue weighted by Crippen LogP contribution is -2.31. The Kier molecular flexibility index (Phi) is 7.21. The third-order valence-electron chi connectivity index (χ3n) is 3.90. The highest BCUT2D eigenvalue weighted by Gasteiger charge is 2.17. The molecule has 0 aromatic heterocycles. The highest BCUT2D eigenvalue weighted by Crippen LogP contribution is 2.26. The van der Waals surface area contributed by atoms with Crippen molar-refractivity contribution in [3.63, 3.8) is 0 Å². The van der Waals surface area contributed by atoms with Crippen LogP contribution in [0.15, 0.2) is 42.5 Å². The van der Waals surface area contributed by atoms with Gasteiger partial charge in [-0.15, -0.1) is 0 Å². The van der Waals surface area contributed by atoms with Crippen LogP contribution < -0.4 is 14.4 Å². The van der Waals surface area contributed by atoms with Crippen LogP contribution in [0.5, 0.6) is 11.5 Å². The zero-order valence-corrected chi connectivity index (χ0v) is 15.5. The van der Waals surface area contributed by atoms with Crippen molar-refractivity contribution in [1.29, 1.82) is 0 Å². The van der Waals surface area contributed by atoms with Crippen LogP contribution in [0.25, 0.3) is 0 Å². The van der Waals surface area contributed by atoms with Gasteiger partial charge in [-0.3, -0.25) is 9.59 Å². The number of hydrogen-bond donors (Lipinski definition) is 0. The number of rotatable bonds is 9. The van der Waals surface area contributed by atoms with Gasteiger partial charge in [0.25, 0.3) is 5.91 Å². The van der Waals surface area contributed by atoms with Crippen LogP contribution in [0.4, 0.5) is 5.69 Å². The molecule has 0 unspecified atom stereocenters. The predicted molar refractivity (Wildman–Crippen MR) is 102 cm³/mol. The van der Waals surface area contributed by atoms with Crippen LogP contribution in [0.1, 0.15) is 31.9 Å². The maximum atomic E-state index is 12.2. The molecule has 2 aromatic carbocycles. The molecule has 2 aromatic rings. The average molecular weight is 355 g/mol. The van der Waals surface area contributed by atoms with Crippen molar-refractivity contribution in [3.05, 3.63) is 53.6 Å². The Labute approximate surface area is 154 Å². The lowest BCUT2D eigenvalue weighted by molar-refractivity contribution is -0.129. The summed E-state index contributed by atoms with van der Waals surface area (Å²) in [6.45, 7) is 7.18. The van der Waals surface area contributed by atoms with Gasteiger partial charge in [0.1, 0.15) is 11.5 Å². The SMILES string of the molecule is CCOc1cc(CN(C(=O)C=O)c2cccc(CC)c2)cc(OCC)c1. The smallest absolute Gasteiger partial charge is 0.291 e. The van der Waals surface area contributed by atoms with Gasteiger partial charge in [-0.25, -0.2) is 0 Å². The van der Waals surface area contributed by atoms with Crippen molar-refractivity contribution in [2.45, 2.75) is 33.7 Å².